The molecule has 0 bridgehead atoms. The van der Waals surface area contributed by atoms with Gasteiger partial charge in [0.15, 0.2) is 11.6 Å². The Labute approximate surface area is 113 Å². The summed E-state index contributed by atoms with van der Waals surface area (Å²) in [5, 5.41) is 0. The van der Waals surface area contributed by atoms with E-state index in [1.54, 1.807) is 19.2 Å². The summed E-state index contributed by atoms with van der Waals surface area (Å²) in [4.78, 5) is 13.5. The van der Waals surface area contributed by atoms with Crippen molar-refractivity contribution in [3.8, 4) is 5.75 Å². The number of rotatable bonds is 5. The van der Waals surface area contributed by atoms with Crippen LogP contribution in [0.3, 0.4) is 0 Å². The molecule has 1 rings (SSSR count). The summed E-state index contributed by atoms with van der Waals surface area (Å²) < 4.78 is 18.4. The fraction of sp³-hybridized carbons (Fsp3) is 0.500. The molecule has 0 heterocycles. The third kappa shape index (κ3) is 3.92. The van der Waals surface area contributed by atoms with Gasteiger partial charge in [0.05, 0.1) is 13.2 Å². The van der Waals surface area contributed by atoms with Crippen molar-refractivity contribution >= 4 is 5.91 Å². The predicted molar refractivity (Wildman–Crippen MR) is 72.2 cm³/mol. The normalized spacial score (nSPS) is 12.4. The van der Waals surface area contributed by atoms with Gasteiger partial charge >= 0.3 is 0 Å². The van der Waals surface area contributed by atoms with Crippen LogP contribution in [0, 0.1) is 11.7 Å². The molecule has 1 aromatic rings. The first-order valence-electron chi connectivity index (χ1n) is 6.19. The lowest BCUT2D eigenvalue weighted by molar-refractivity contribution is -0.132. The molecule has 5 heteroatoms. The van der Waals surface area contributed by atoms with E-state index in [1.807, 2.05) is 13.8 Å². The molecule has 0 fully saturated rings. The molecule has 0 saturated carbocycles. The van der Waals surface area contributed by atoms with E-state index in [1.165, 1.54) is 18.1 Å². The fourth-order valence-corrected chi connectivity index (χ4v) is 1.70. The van der Waals surface area contributed by atoms with Crippen molar-refractivity contribution in [2.24, 2.45) is 11.7 Å². The molecule has 0 radical (unpaired) electrons. The lowest BCUT2D eigenvalue weighted by Crippen LogP contribution is -2.44. The molecule has 0 aliphatic rings. The van der Waals surface area contributed by atoms with Crippen LogP contribution in [0.1, 0.15) is 19.4 Å². The minimum absolute atomic E-state index is 0.0718. The van der Waals surface area contributed by atoms with E-state index in [0.29, 0.717) is 12.1 Å². The number of carbonyl (C=O) groups excluding carboxylic acids is 1. The summed E-state index contributed by atoms with van der Waals surface area (Å²) in [6.45, 7) is 4.10. The number of methoxy groups -OCH3 is 1. The maximum absolute atomic E-state index is 13.5. The molecule has 19 heavy (non-hydrogen) atoms. The van der Waals surface area contributed by atoms with Crippen LogP contribution in [0.2, 0.25) is 0 Å². The number of nitrogens with two attached hydrogens (primary N) is 1. The molecule has 0 spiro atoms. The van der Waals surface area contributed by atoms with Crippen LogP contribution >= 0.6 is 0 Å². The Morgan fingerprint density at radius 3 is 2.58 bits per heavy atom. The monoisotopic (exact) mass is 268 g/mol. The quantitative estimate of drug-likeness (QED) is 0.885. The largest absolute Gasteiger partial charge is 0.494 e. The maximum atomic E-state index is 13.5. The van der Waals surface area contributed by atoms with E-state index in [9.17, 15) is 9.18 Å². The van der Waals surface area contributed by atoms with Gasteiger partial charge in [-0.2, -0.15) is 0 Å². The van der Waals surface area contributed by atoms with Gasteiger partial charge in [-0.1, -0.05) is 19.9 Å². The molecule has 0 saturated heterocycles. The first-order chi connectivity index (χ1) is 8.86. The molecule has 0 aromatic heterocycles. The third-order valence-electron chi connectivity index (χ3n) is 3.02. The summed E-state index contributed by atoms with van der Waals surface area (Å²) in [5.74, 6) is -0.320. The molecule has 4 nitrogen and oxygen atoms in total. The number of hydrogen-bond acceptors (Lipinski definition) is 3. The van der Waals surface area contributed by atoms with Gasteiger partial charge in [0.25, 0.3) is 0 Å². The zero-order valence-corrected chi connectivity index (χ0v) is 11.8. The van der Waals surface area contributed by atoms with Crippen LogP contribution in [0.5, 0.6) is 5.75 Å². The number of nitrogens with zero attached hydrogens (tertiary/aromatic N) is 1. The number of halogens is 1. The molecule has 1 atom stereocenters. The second-order valence-electron chi connectivity index (χ2n) is 4.93. The Morgan fingerprint density at radius 2 is 2.11 bits per heavy atom. The van der Waals surface area contributed by atoms with E-state index in [4.69, 9.17) is 10.5 Å². The topological polar surface area (TPSA) is 55.6 Å². The van der Waals surface area contributed by atoms with Crippen molar-refractivity contribution in [1.29, 1.82) is 0 Å². The van der Waals surface area contributed by atoms with Crippen LogP contribution in [-0.4, -0.2) is 31.0 Å². The van der Waals surface area contributed by atoms with Crippen LogP contribution in [-0.2, 0) is 11.3 Å². The van der Waals surface area contributed by atoms with Crippen molar-refractivity contribution < 1.29 is 13.9 Å². The van der Waals surface area contributed by atoms with Gasteiger partial charge in [-0.3, -0.25) is 4.79 Å². The first kappa shape index (κ1) is 15.4. The van der Waals surface area contributed by atoms with Gasteiger partial charge in [-0.05, 0) is 23.6 Å². The van der Waals surface area contributed by atoms with Gasteiger partial charge < -0.3 is 15.4 Å². The lowest BCUT2D eigenvalue weighted by atomic mass is 10.0. The number of amides is 1. The van der Waals surface area contributed by atoms with Crippen LogP contribution in [0.15, 0.2) is 18.2 Å². The summed E-state index contributed by atoms with van der Waals surface area (Å²) in [7, 11) is 3.07. The van der Waals surface area contributed by atoms with Crippen molar-refractivity contribution in [2.75, 3.05) is 14.2 Å². The molecule has 2 N–H and O–H groups in total. The molecule has 106 valence electrons. The van der Waals surface area contributed by atoms with E-state index < -0.39 is 11.9 Å². The molecular weight excluding hydrogens is 247 g/mol. The highest BCUT2D eigenvalue weighted by atomic mass is 19.1. The molecule has 0 aliphatic carbocycles. The second kappa shape index (κ2) is 6.52. The highest BCUT2D eigenvalue weighted by Gasteiger charge is 2.21. The fourth-order valence-electron chi connectivity index (χ4n) is 1.70. The highest BCUT2D eigenvalue weighted by Crippen LogP contribution is 2.18. The molecule has 1 unspecified atom stereocenters. The van der Waals surface area contributed by atoms with Gasteiger partial charge in [-0.15, -0.1) is 0 Å². The highest BCUT2D eigenvalue weighted by molar-refractivity contribution is 5.81. The predicted octanol–water partition coefficient (Wildman–Crippen LogP) is 1.78. The average molecular weight is 268 g/mol. The summed E-state index contributed by atoms with van der Waals surface area (Å²) in [6.07, 6.45) is 0. The van der Waals surface area contributed by atoms with E-state index in [2.05, 4.69) is 0 Å². The zero-order chi connectivity index (χ0) is 14.6. The number of likely N-dealkylation sites (N-methyl/N-ethyl adjacent to an activating group) is 1. The minimum atomic E-state index is -0.534. The third-order valence-corrected chi connectivity index (χ3v) is 3.02. The van der Waals surface area contributed by atoms with Crippen LogP contribution in [0.25, 0.3) is 0 Å². The summed E-state index contributed by atoms with van der Waals surface area (Å²) >= 11 is 0. The van der Waals surface area contributed by atoms with Gasteiger partial charge in [0.1, 0.15) is 0 Å². The van der Waals surface area contributed by atoms with E-state index >= 15 is 0 Å². The number of carbonyl (C=O) groups is 1. The van der Waals surface area contributed by atoms with Gasteiger partial charge in [0, 0.05) is 13.6 Å². The summed E-state index contributed by atoms with van der Waals surface area (Å²) in [6, 6.07) is 4.11. The molecule has 1 amide bonds. The smallest absolute Gasteiger partial charge is 0.239 e. The number of benzene rings is 1. The average Bonchev–Trinajstić information content (AvgIpc) is 2.37. The van der Waals surface area contributed by atoms with E-state index in [-0.39, 0.29) is 17.6 Å². The SMILES string of the molecule is COc1ccc(CN(C)C(=O)C(N)C(C)C)cc1F. The Morgan fingerprint density at radius 1 is 1.47 bits per heavy atom. The standard InChI is InChI=1S/C14H21FN2O2/c1-9(2)13(16)14(18)17(3)8-10-5-6-12(19-4)11(15)7-10/h5-7,9,13H,8,16H2,1-4H3. The first-order valence-corrected chi connectivity index (χ1v) is 6.19. The maximum Gasteiger partial charge on any atom is 0.239 e. The minimum Gasteiger partial charge on any atom is -0.494 e. The number of ether oxygens (including phenoxy) is 1. The summed E-state index contributed by atoms with van der Waals surface area (Å²) in [5.41, 5.74) is 6.50. The Kier molecular flexibility index (Phi) is 5.30. The van der Waals surface area contributed by atoms with Crippen molar-refractivity contribution in [3.05, 3.63) is 29.6 Å². The lowest BCUT2D eigenvalue weighted by Gasteiger charge is -2.23. The van der Waals surface area contributed by atoms with Crippen LogP contribution in [0.4, 0.5) is 4.39 Å². The molecule has 0 aliphatic heterocycles. The van der Waals surface area contributed by atoms with Gasteiger partial charge in [0.2, 0.25) is 5.91 Å². The Bertz CT molecular complexity index is 449. The molecular formula is C14H21FN2O2. The Hall–Kier alpha value is -1.62. The molecule has 1 aromatic carbocycles. The van der Waals surface area contributed by atoms with Gasteiger partial charge in [-0.25, -0.2) is 4.39 Å². The van der Waals surface area contributed by atoms with Crippen molar-refractivity contribution in [3.63, 3.8) is 0 Å². The van der Waals surface area contributed by atoms with Crippen molar-refractivity contribution in [2.45, 2.75) is 26.4 Å². The second-order valence-corrected chi connectivity index (χ2v) is 4.93. The zero-order valence-electron chi connectivity index (χ0n) is 11.8. The Balaban J connectivity index is 2.74. The van der Waals surface area contributed by atoms with Crippen molar-refractivity contribution in [1.82, 2.24) is 4.90 Å². The number of hydrogen-bond donors (Lipinski definition) is 1. The van der Waals surface area contributed by atoms with Crippen LogP contribution < -0.4 is 10.5 Å². The van der Waals surface area contributed by atoms with E-state index in [0.717, 1.165) is 0 Å².